The normalized spacial score (nSPS) is 14.7. The molecule has 1 aromatic heterocycles. The molecule has 4 rings (SSSR count). The molecule has 36 heavy (non-hydrogen) atoms. The number of hydrogen-bond acceptors (Lipinski definition) is 4. The Bertz CT molecular complexity index is 1180. The third kappa shape index (κ3) is 6.94. The third-order valence-electron chi connectivity index (χ3n) is 6.53. The van der Waals surface area contributed by atoms with Crippen LogP contribution in [0.15, 0.2) is 73.1 Å². The number of ether oxygens (including phenoxy) is 1. The maximum atomic E-state index is 13.8. The Morgan fingerprint density at radius 1 is 0.972 bits per heavy atom. The number of carbonyl (C=O) groups excluding carboxylic acids is 1. The van der Waals surface area contributed by atoms with E-state index in [-0.39, 0.29) is 12.3 Å². The van der Waals surface area contributed by atoms with E-state index in [0.29, 0.717) is 43.7 Å². The van der Waals surface area contributed by atoms with Gasteiger partial charge in [-0.1, -0.05) is 49.2 Å². The number of rotatable bonds is 12. The fourth-order valence-corrected chi connectivity index (χ4v) is 4.56. The molecule has 1 saturated carbocycles. The van der Waals surface area contributed by atoms with Gasteiger partial charge in [-0.15, -0.1) is 0 Å². The van der Waals surface area contributed by atoms with Crippen LogP contribution in [-0.4, -0.2) is 39.5 Å². The first-order valence-electron chi connectivity index (χ1n) is 13.2. The average molecular weight is 488 g/mol. The first-order chi connectivity index (χ1) is 18.0. The fourth-order valence-electron chi connectivity index (χ4n) is 4.56. The van der Waals surface area contributed by atoms with Crippen molar-refractivity contribution >= 4 is 11.9 Å². The van der Waals surface area contributed by atoms with Crippen molar-refractivity contribution in [3.63, 3.8) is 0 Å². The molecule has 0 spiro atoms. The minimum absolute atomic E-state index is 0.155. The summed E-state index contributed by atoms with van der Waals surface area (Å²) in [7, 11) is 0. The van der Waals surface area contributed by atoms with Crippen molar-refractivity contribution in [2.75, 3.05) is 6.61 Å². The van der Waals surface area contributed by atoms with E-state index < -0.39 is 12.0 Å². The predicted octanol–water partition coefficient (Wildman–Crippen LogP) is 6.36. The molecule has 2 aromatic carbocycles. The van der Waals surface area contributed by atoms with Gasteiger partial charge in [-0.05, 0) is 67.5 Å². The number of carbonyl (C=O) groups is 2. The van der Waals surface area contributed by atoms with E-state index in [1.165, 1.54) is 0 Å². The fraction of sp³-hybridized carbons (Fsp3) is 0.367. The molecule has 0 radical (unpaired) electrons. The molecule has 6 heteroatoms. The number of hydrogen-bond donors (Lipinski definition) is 1. The topological polar surface area (TPSA) is 79.7 Å². The van der Waals surface area contributed by atoms with Crippen LogP contribution < -0.4 is 4.74 Å². The van der Waals surface area contributed by atoms with Gasteiger partial charge in [-0.25, -0.2) is 0 Å². The first-order valence-corrected chi connectivity index (χ1v) is 12.7. The molecule has 1 fully saturated rings. The lowest BCUT2D eigenvalue weighted by Gasteiger charge is -2.30. The third-order valence-corrected chi connectivity index (χ3v) is 6.53. The van der Waals surface area contributed by atoms with Gasteiger partial charge in [0.25, 0.3) is 5.91 Å². The van der Waals surface area contributed by atoms with Gasteiger partial charge in [0.1, 0.15) is 5.75 Å². The zero-order valence-corrected chi connectivity index (χ0v) is 20.6. The van der Waals surface area contributed by atoms with Crippen LogP contribution in [0.3, 0.4) is 0 Å². The standard InChI is InChI=1S/C30H34N2O4/c33-29(34)14-2-1-7-20-36-28-13-6-3-9-26(28)22-32(27-11-4-5-12-27)30(35)24-17-15-23(16-18-24)25-10-8-19-31-21-25/h3,6,8-10,13,15-19,21,27H,1-2,4-5,7,11-12,14,20,22H2,(H,33,34)/i27D. The monoisotopic (exact) mass is 487 g/mol. The van der Waals surface area contributed by atoms with E-state index in [0.717, 1.165) is 42.4 Å². The molecule has 3 aromatic rings. The maximum absolute atomic E-state index is 13.8. The van der Waals surface area contributed by atoms with E-state index in [1.54, 1.807) is 17.3 Å². The Morgan fingerprint density at radius 3 is 2.47 bits per heavy atom. The molecule has 1 heterocycles. The van der Waals surface area contributed by atoms with Crippen molar-refractivity contribution in [2.45, 2.75) is 63.9 Å². The highest BCUT2D eigenvalue weighted by atomic mass is 16.5. The Hall–Kier alpha value is -3.67. The molecule has 0 unspecified atom stereocenters. The molecule has 188 valence electrons. The SMILES string of the molecule is [2H]C1(N(Cc2ccccc2OCCCCCC(=O)O)C(=O)c2ccc(-c3cccnc3)cc2)CCCC1. The average Bonchev–Trinajstić information content (AvgIpc) is 3.37. The number of para-hydroxylation sites is 1. The molecule has 0 saturated heterocycles. The number of carboxylic acids is 1. The van der Waals surface area contributed by atoms with Crippen LogP contribution in [0.1, 0.15) is 68.7 Å². The van der Waals surface area contributed by atoms with E-state index in [2.05, 4.69) is 4.98 Å². The second-order valence-electron chi connectivity index (χ2n) is 9.14. The number of amides is 1. The lowest BCUT2D eigenvalue weighted by Crippen LogP contribution is -2.38. The van der Waals surface area contributed by atoms with Crippen molar-refractivity contribution in [3.8, 4) is 16.9 Å². The number of pyridine rings is 1. The van der Waals surface area contributed by atoms with Crippen LogP contribution in [-0.2, 0) is 11.3 Å². The molecule has 1 N–H and O–H groups in total. The first kappa shape index (κ1) is 24.0. The highest BCUT2D eigenvalue weighted by Crippen LogP contribution is 2.29. The zero-order valence-electron chi connectivity index (χ0n) is 21.6. The van der Waals surface area contributed by atoms with Gasteiger partial charge in [0, 0.05) is 42.5 Å². The van der Waals surface area contributed by atoms with Crippen LogP contribution in [0.2, 0.25) is 0 Å². The van der Waals surface area contributed by atoms with Crippen molar-refractivity contribution in [2.24, 2.45) is 0 Å². The highest BCUT2D eigenvalue weighted by Gasteiger charge is 2.28. The number of benzene rings is 2. The van der Waals surface area contributed by atoms with Crippen LogP contribution in [0.4, 0.5) is 0 Å². The molecule has 0 bridgehead atoms. The molecule has 6 nitrogen and oxygen atoms in total. The molecule has 1 aliphatic rings. The summed E-state index contributed by atoms with van der Waals surface area (Å²) < 4.78 is 15.2. The minimum atomic E-state index is -0.955. The summed E-state index contributed by atoms with van der Waals surface area (Å²) >= 11 is 0. The summed E-state index contributed by atoms with van der Waals surface area (Å²) in [5.41, 5.74) is 3.40. The van der Waals surface area contributed by atoms with Crippen LogP contribution in [0, 0.1) is 0 Å². The van der Waals surface area contributed by atoms with Crippen LogP contribution in [0.5, 0.6) is 5.75 Å². The highest BCUT2D eigenvalue weighted by molar-refractivity contribution is 5.95. The van der Waals surface area contributed by atoms with E-state index >= 15 is 0 Å². The molecule has 0 aliphatic heterocycles. The van der Waals surface area contributed by atoms with Gasteiger partial charge >= 0.3 is 5.97 Å². The van der Waals surface area contributed by atoms with Crippen molar-refractivity contribution in [1.82, 2.24) is 9.88 Å². The largest absolute Gasteiger partial charge is 0.493 e. The van der Waals surface area contributed by atoms with Gasteiger partial charge in [-0.3, -0.25) is 14.6 Å². The Labute approximate surface area is 214 Å². The number of carboxylic acid groups (broad SMARTS) is 1. The van der Waals surface area contributed by atoms with Gasteiger partial charge in [0.2, 0.25) is 0 Å². The zero-order chi connectivity index (χ0) is 26.1. The molecular weight excluding hydrogens is 452 g/mol. The van der Waals surface area contributed by atoms with E-state index in [9.17, 15) is 11.0 Å². The molecular formula is C30H34N2O4. The second-order valence-corrected chi connectivity index (χ2v) is 9.14. The lowest BCUT2D eigenvalue weighted by molar-refractivity contribution is -0.137. The van der Waals surface area contributed by atoms with Crippen LogP contribution >= 0.6 is 0 Å². The summed E-state index contributed by atoms with van der Waals surface area (Å²) in [6, 6.07) is 18.1. The number of aromatic nitrogens is 1. The summed E-state index contributed by atoms with van der Waals surface area (Å²) in [6.07, 6.45) is 9.03. The second kappa shape index (κ2) is 12.9. The predicted molar refractivity (Wildman–Crippen MR) is 140 cm³/mol. The Kier molecular flexibility index (Phi) is 8.59. The van der Waals surface area contributed by atoms with Gasteiger partial charge < -0.3 is 14.7 Å². The summed E-state index contributed by atoms with van der Waals surface area (Å²) in [6.45, 7) is 0.772. The summed E-state index contributed by atoms with van der Waals surface area (Å²) in [4.78, 5) is 30.4. The summed E-state index contributed by atoms with van der Waals surface area (Å²) in [5.74, 6) is -0.232. The number of unbranched alkanes of at least 4 members (excludes halogenated alkanes) is 2. The lowest BCUT2D eigenvalue weighted by atomic mass is 10.0. The van der Waals surface area contributed by atoms with Crippen LogP contribution in [0.25, 0.3) is 11.1 Å². The Balaban J connectivity index is 1.49. The summed E-state index contributed by atoms with van der Waals surface area (Å²) in [5, 5.41) is 8.79. The quantitative estimate of drug-likeness (QED) is 0.301. The number of aliphatic carboxylic acids is 1. The smallest absolute Gasteiger partial charge is 0.303 e. The van der Waals surface area contributed by atoms with Gasteiger partial charge in [-0.2, -0.15) is 0 Å². The van der Waals surface area contributed by atoms with E-state index in [4.69, 9.17) is 9.84 Å². The molecule has 0 atom stereocenters. The van der Waals surface area contributed by atoms with Crippen molar-refractivity contribution in [3.05, 3.63) is 84.2 Å². The maximum Gasteiger partial charge on any atom is 0.303 e. The molecule has 1 aliphatic carbocycles. The van der Waals surface area contributed by atoms with Crippen molar-refractivity contribution in [1.29, 1.82) is 0 Å². The Morgan fingerprint density at radius 2 is 1.75 bits per heavy atom. The van der Waals surface area contributed by atoms with Gasteiger partial charge in [0.15, 0.2) is 0 Å². The van der Waals surface area contributed by atoms with E-state index in [1.807, 2.05) is 60.7 Å². The number of nitrogens with zero attached hydrogens (tertiary/aromatic N) is 2. The van der Waals surface area contributed by atoms with Crippen molar-refractivity contribution < 1.29 is 20.8 Å². The molecule has 1 amide bonds. The van der Waals surface area contributed by atoms with Gasteiger partial charge in [0.05, 0.1) is 7.98 Å². The minimum Gasteiger partial charge on any atom is -0.493 e.